The summed E-state index contributed by atoms with van der Waals surface area (Å²) in [6.07, 6.45) is 2.65. The summed E-state index contributed by atoms with van der Waals surface area (Å²) in [5.41, 5.74) is 2.94. The van der Waals surface area contributed by atoms with E-state index in [1.807, 2.05) is 0 Å². The van der Waals surface area contributed by atoms with Gasteiger partial charge in [-0.05, 0) is 29.3 Å². The zero-order valence-corrected chi connectivity index (χ0v) is 13.5. The second-order valence-electron chi connectivity index (χ2n) is 4.77. The van der Waals surface area contributed by atoms with E-state index in [2.05, 4.69) is 10.5 Å². The van der Waals surface area contributed by atoms with E-state index in [1.165, 1.54) is 30.5 Å². The van der Waals surface area contributed by atoms with Gasteiger partial charge in [0.15, 0.2) is 0 Å². The van der Waals surface area contributed by atoms with E-state index in [1.54, 1.807) is 36.4 Å². The number of hydrogen-bond acceptors (Lipinski definition) is 5. The third-order valence-corrected chi connectivity index (χ3v) is 3.26. The number of nitro benzene ring substituents is 1. The lowest BCUT2D eigenvalue weighted by Gasteiger charge is -1.99. The van der Waals surface area contributed by atoms with Gasteiger partial charge in [-0.1, -0.05) is 35.9 Å². The van der Waals surface area contributed by atoms with Crippen LogP contribution in [0.3, 0.4) is 0 Å². The molecule has 0 atom stereocenters. The van der Waals surface area contributed by atoms with E-state index in [0.29, 0.717) is 16.1 Å². The standard InChI is InChI=1S/C17H11ClN4O3/c18-15-6-4-12(5-7-15)11-20-21-17(23)14(10-19)8-13-2-1-3-16(9-13)22(24)25/h1-9,11H,(H,21,23). The van der Waals surface area contributed by atoms with Crippen molar-refractivity contribution in [1.82, 2.24) is 5.43 Å². The molecule has 0 aliphatic rings. The first-order valence-corrected chi connectivity index (χ1v) is 7.32. The molecule has 2 rings (SSSR count). The molecule has 0 fully saturated rings. The molecule has 0 aliphatic heterocycles. The van der Waals surface area contributed by atoms with Crippen molar-refractivity contribution < 1.29 is 9.72 Å². The van der Waals surface area contributed by atoms with Crippen LogP contribution in [-0.2, 0) is 4.79 Å². The Kier molecular flexibility index (Phi) is 5.98. The van der Waals surface area contributed by atoms with Crippen LogP contribution in [0.25, 0.3) is 6.08 Å². The molecule has 0 unspecified atom stereocenters. The number of amides is 1. The van der Waals surface area contributed by atoms with Crippen LogP contribution >= 0.6 is 11.6 Å². The molecule has 0 radical (unpaired) electrons. The first kappa shape index (κ1) is 17.8. The lowest BCUT2D eigenvalue weighted by atomic mass is 10.1. The summed E-state index contributed by atoms with van der Waals surface area (Å²) in [6, 6.07) is 14.1. The summed E-state index contributed by atoms with van der Waals surface area (Å²) in [6.45, 7) is 0. The average Bonchev–Trinajstić information content (AvgIpc) is 2.61. The molecule has 0 aromatic heterocycles. The molecular formula is C17H11ClN4O3. The van der Waals surface area contributed by atoms with Gasteiger partial charge >= 0.3 is 0 Å². The molecule has 7 nitrogen and oxygen atoms in total. The molecule has 124 valence electrons. The molecule has 25 heavy (non-hydrogen) atoms. The third-order valence-electron chi connectivity index (χ3n) is 3.01. The molecule has 8 heteroatoms. The van der Waals surface area contributed by atoms with Crippen LogP contribution in [0.15, 0.2) is 59.2 Å². The van der Waals surface area contributed by atoms with Crippen molar-refractivity contribution in [2.24, 2.45) is 5.10 Å². The molecule has 1 amide bonds. The van der Waals surface area contributed by atoms with Crippen molar-refractivity contribution in [3.05, 3.63) is 80.4 Å². The average molecular weight is 355 g/mol. The van der Waals surface area contributed by atoms with Gasteiger partial charge in [0.1, 0.15) is 11.6 Å². The minimum Gasteiger partial charge on any atom is -0.267 e. The lowest BCUT2D eigenvalue weighted by Crippen LogP contribution is -2.19. The number of hydrazone groups is 1. The molecule has 2 aromatic rings. The van der Waals surface area contributed by atoms with E-state index in [-0.39, 0.29) is 11.3 Å². The van der Waals surface area contributed by atoms with E-state index in [0.717, 1.165) is 0 Å². The highest BCUT2D eigenvalue weighted by molar-refractivity contribution is 6.30. The van der Waals surface area contributed by atoms with E-state index in [9.17, 15) is 14.9 Å². The van der Waals surface area contributed by atoms with Crippen LogP contribution in [0, 0.1) is 21.4 Å². The second-order valence-corrected chi connectivity index (χ2v) is 5.21. The first-order valence-electron chi connectivity index (χ1n) is 6.95. The quantitative estimate of drug-likeness (QED) is 0.292. The van der Waals surface area contributed by atoms with E-state index in [4.69, 9.17) is 16.9 Å². The smallest absolute Gasteiger partial charge is 0.267 e. The van der Waals surface area contributed by atoms with Crippen molar-refractivity contribution in [2.75, 3.05) is 0 Å². The van der Waals surface area contributed by atoms with Gasteiger partial charge in [0, 0.05) is 17.2 Å². The highest BCUT2D eigenvalue weighted by Crippen LogP contribution is 2.15. The lowest BCUT2D eigenvalue weighted by molar-refractivity contribution is -0.384. The zero-order chi connectivity index (χ0) is 18.2. The first-order chi connectivity index (χ1) is 12.0. The van der Waals surface area contributed by atoms with Crippen LogP contribution in [0.5, 0.6) is 0 Å². The van der Waals surface area contributed by atoms with E-state index < -0.39 is 10.8 Å². The number of nitriles is 1. The summed E-state index contributed by atoms with van der Waals surface area (Å²) < 4.78 is 0. The van der Waals surface area contributed by atoms with Gasteiger partial charge in [0.05, 0.1) is 11.1 Å². The Hall–Kier alpha value is -3.50. The molecule has 0 spiro atoms. The Morgan fingerprint density at radius 2 is 1.96 bits per heavy atom. The van der Waals surface area contributed by atoms with Gasteiger partial charge in [-0.25, -0.2) is 5.43 Å². The third kappa shape index (κ3) is 5.27. The number of nitrogens with one attached hydrogen (secondary N) is 1. The Labute approximate surface area is 148 Å². The topological polar surface area (TPSA) is 108 Å². The fourth-order valence-corrected chi connectivity index (χ4v) is 1.94. The molecular weight excluding hydrogens is 344 g/mol. The summed E-state index contributed by atoms with van der Waals surface area (Å²) in [7, 11) is 0. The summed E-state index contributed by atoms with van der Waals surface area (Å²) in [4.78, 5) is 22.2. The highest BCUT2D eigenvalue weighted by atomic mass is 35.5. The monoisotopic (exact) mass is 354 g/mol. The van der Waals surface area contributed by atoms with Crippen LogP contribution in [0.1, 0.15) is 11.1 Å². The molecule has 0 saturated carbocycles. The molecule has 0 heterocycles. The number of carbonyl (C=O) groups is 1. The molecule has 1 N–H and O–H groups in total. The number of rotatable bonds is 5. The molecule has 2 aromatic carbocycles. The predicted octanol–water partition coefficient (Wildman–Crippen LogP) is 3.31. The maximum absolute atomic E-state index is 12.0. The number of carbonyl (C=O) groups excluding carboxylic acids is 1. The molecule has 0 bridgehead atoms. The fourth-order valence-electron chi connectivity index (χ4n) is 1.82. The summed E-state index contributed by atoms with van der Waals surface area (Å²) in [5.74, 6) is -0.723. The van der Waals surface area contributed by atoms with Crippen LogP contribution in [-0.4, -0.2) is 17.0 Å². The van der Waals surface area contributed by atoms with Crippen molar-refractivity contribution in [3.63, 3.8) is 0 Å². The highest BCUT2D eigenvalue weighted by Gasteiger charge is 2.10. The molecule has 0 saturated heterocycles. The van der Waals surface area contributed by atoms with Crippen LogP contribution < -0.4 is 5.43 Å². The number of halogens is 1. The normalized spacial score (nSPS) is 11.1. The number of hydrogen-bond donors (Lipinski definition) is 1. The van der Waals surface area contributed by atoms with Gasteiger partial charge in [-0.3, -0.25) is 14.9 Å². The Bertz CT molecular complexity index is 899. The van der Waals surface area contributed by atoms with Crippen molar-refractivity contribution in [3.8, 4) is 6.07 Å². The van der Waals surface area contributed by atoms with E-state index >= 15 is 0 Å². The Morgan fingerprint density at radius 3 is 2.60 bits per heavy atom. The number of nitro groups is 1. The Balaban J connectivity index is 2.10. The number of nitrogens with zero attached hydrogens (tertiary/aromatic N) is 3. The van der Waals surface area contributed by atoms with Gasteiger partial charge in [-0.15, -0.1) is 0 Å². The maximum atomic E-state index is 12.0. The van der Waals surface area contributed by atoms with Crippen molar-refractivity contribution in [2.45, 2.75) is 0 Å². The largest absolute Gasteiger partial charge is 0.282 e. The predicted molar refractivity (Wildman–Crippen MR) is 93.9 cm³/mol. The summed E-state index contributed by atoms with van der Waals surface area (Å²) >= 11 is 5.76. The van der Waals surface area contributed by atoms with Gasteiger partial charge in [-0.2, -0.15) is 10.4 Å². The maximum Gasteiger partial charge on any atom is 0.282 e. The number of benzene rings is 2. The fraction of sp³-hybridized carbons (Fsp3) is 0. The minimum absolute atomic E-state index is 0.132. The SMILES string of the molecule is N#CC(=Cc1cccc([N+](=O)[O-])c1)C(=O)NN=Cc1ccc(Cl)cc1. The van der Waals surface area contributed by atoms with Gasteiger partial charge in [0.2, 0.25) is 0 Å². The number of non-ortho nitro benzene ring substituents is 1. The second kappa shape index (κ2) is 8.38. The Morgan fingerprint density at radius 1 is 1.24 bits per heavy atom. The molecule has 0 aliphatic carbocycles. The van der Waals surface area contributed by atoms with Crippen LogP contribution in [0.4, 0.5) is 5.69 Å². The van der Waals surface area contributed by atoms with Gasteiger partial charge < -0.3 is 0 Å². The zero-order valence-electron chi connectivity index (χ0n) is 12.7. The van der Waals surface area contributed by atoms with Crippen molar-refractivity contribution >= 4 is 35.5 Å². The van der Waals surface area contributed by atoms with Crippen molar-refractivity contribution in [1.29, 1.82) is 5.26 Å². The summed E-state index contributed by atoms with van der Waals surface area (Å²) in [5, 5.41) is 24.2. The van der Waals surface area contributed by atoms with Gasteiger partial charge in [0.25, 0.3) is 11.6 Å². The minimum atomic E-state index is -0.723. The van der Waals surface area contributed by atoms with Crippen LogP contribution in [0.2, 0.25) is 5.02 Å².